The van der Waals surface area contributed by atoms with Crippen LogP contribution in [0.2, 0.25) is 0 Å². The Bertz CT molecular complexity index is 342. The number of halogens is 3. The van der Waals surface area contributed by atoms with E-state index in [-0.39, 0.29) is 6.42 Å². The first-order chi connectivity index (χ1) is 6.45. The summed E-state index contributed by atoms with van der Waals surface area (Å²) < 4.78 is 36.6. The van der Waals surface area contributed by atoms with E-state index in [9.17, 15) is 18.0 Å². The third-order valence-corrected chi connectivity index (χ3v) is 1.97. The van der Waals surface area contributed by atoms with Crippen LogP contribution >= 0.6 is 0 Å². The molecule has 0 aliphatic heterocycles. The van der Waals surface area contributed by atoms with E-state index in [2.05, 4.69) is 0 Å². The van der Waals surface area contributed by atoms with Gasteiger partial charge < -0.3 is 4.79 Å². The van der Waals surface area contributed by atoms with Gasteiger partial charge in [0.1, 0.15) is 6.29 Å². The van der Waals surface area contributed by atoms with Crippen molar-refractivity contribution in [2.45, 2.75) is 19.5 Å². The fraction of sp³-hybridized carbons (Fsp3) is 0.300. The minimum Gasteiger partial charge on any atom is -0.303 e. The van der Waals surface area contributed by atoms with Gasteiger partial charge in [0.15, 0.2) is 0 Å². The molecule has 0 saturated carbocycles. The van der Waals surface area contributed by atoms with Crippen molar-refractivity contribution in [3.05, 3.63) is 34.9 Å². The van der Waals surface area contributed by atoms with Crippen LogP contribution in [0.15, 0.2) is 18.2 Å². The van der Waals surface area contributed by atoms with Gasteiger partial charge in [-0.25, -0.2) is 0 Å². The van der Waals surface area contributed by atoms with E-state index in [4.69, 9.17) is 0 Å². The number of aldehydes is 1. The van der Waals surface area contributed by atoms with Crippen LogP contribution in [0.5, 0.6) is 0 Å². The van der Waals surface area contributed by atoms with E-state index in [1.54, 1.807) is 6.92 Å². The number of hydrogen-bond acceptors (Lipinski definition) is 1. The number of aryl methyl sites for hydroxylation is 1. The molecule has 1 aromatic rings. The monoisotopic (exact) mass is 202 g/mol. The molecule has 76 valence electrons. The molecule has 0 amide bonds. The maximum atomic E-state index is 12.2. The minimum atomic E-state index is -4.32. The summed E-state index contributed by atoms with van der Waals surface area (Å²) in [5.41, 5.74) is 0.449. The van der Waals surface area contributed by atoms with Crippen LogP contribution in [0.1, 0.15) is 16.7 Å². The second-order valence-electron chi connectivity index (χ2n) is 3.01. The maximum absolute atomic E-state index is 12.2. The van der Waals surface area contributed by atoms with Crippen LogP contribution in [0, 0.1) is 6.92 Å². The Morgan fingerprint density at radius 3 is 2.43 bits per heavy atom. The van der Waals surface area contributed by atoms with Gasteiger partial charge in [-0.3, -0.25) is 0 Å². The van der Waals surface area contributed by atoms with Gasteiger partial charge in [-0.1, -0.05) is 6.07 Å². The predicted octanol–water partition coefficient (Wildman–Crippen LogP) is 2.76. The molecule has 1 aromatic carbocycles. The van der Waals surface area contributed by atoms with E-state index in [1.807, 2.05) is 0 Å². The first-order valence-electron chi connectivity index (χ1n) is 4.05. The number of alkyl halides is 3. The van der Waals surface area contributed by atoms with Crippen molar-refractivity contribution in [3.8, 4) is 0 Å². The Hall–Kier alpha value is -1.32. The van der Waals surface area contributed by atoms with Gasteiger partial charge in [0, 0.05) is 6.42 Å². The Kier molecular flexibility index (Phi) is 2.93. The molecule has 1 nitrogen and oxygen atoms in total. The van der Waals surface area contributed by atoms with Crippen molar-refractivity contribution in [2.24, 2.45) is 0 Å². The van der Waals surface area contributed by atoms with Gasteiger partial charge in [0.2, 0.25) is 0 Å². The normalized spacial score (nSPS) is 11.4. The summed E-state index contributed by atoms with van der Waals surface area (Å²) >= 11 is 0. The third kappa shape index (κ3) is 2.34. The van der Waals surface area contributed by atoms with E-state index < -0.39 is 11.7 Å². The number of rotatable bonds is 2. The zero-order chi connectivity index (χ0) is 10.8. The lowest BCUT2D eigenvalue weighted by atomic mass is 10.0. The summed E-state index contributed by atoms with van der Waals surface area (Å²) in [4.78, 5) is 10.2. The van der Waals surface area contributed by atoms with E-state index >= 15 is 0 Å². The lowest BCUT2D eigenvalue weighted by Gasteiger charge is -2.09. The molecule has 0 saturated heterocycles. The highest BCUT2D eigenvalue weighted by atomic mass is 19.4. The van der Waals surface area contributed by atoms with Crippen molar-refractivity contribution < 1.29 is 18.0 Å². The molecule has 14 heavy (non-hydrogen) atoms. The standard InChI is InChI=1S/C10H9F3O/c1-7-6-9(10(11,12)13)3-2-8(7)4-5-14/h2-3,5-6H,4H2,1H3. The fourth-order valence-electron chi connectivity index (χ4n) is 1.19. The molecule has 0 unspecified atom stereocenters. The SMILES string of the molecule is Cc1cc(C(F)(F)F)ccc1CC=O. The molecule has 1 rings (SSSR count). The molecule has 0 fully saturated rings. The highest BCUT2D eigenvalue weighted by Crippen LogP contribution is 2.30. The highest BCUT2D eigenvalue weighted by molar-refractivity contribution is 5.56. The molecule has 0 aromatic heterocycles. The van der Waals surface area contributed by atoms with Crippen LogP contribution in [0.25, 0.3) is 0 Å². The van der Waals surface area contributed by atoms with Crippen molar-refractivity contribution in [1.29, 1.82) is 0 Å². The Morgan fingerprint density at radius 2 is 2.00 bits per heavy atom. The maximum Gasteiger partial charge on any atom is 0.416 e. The van der Waals surface area contributed by atoms with Crippen molar-refractivity contribution in [3.63, 3.8) is 0 Å². The molecule has 0 atom stereocenters. The molecule has 4 heteroatoms. The first-order valence-corrected chi connectivity index (χ1v) is 4.05. The third-order valence-electron chi connectivity index (χ3n) is 1.97. The molecule has 0 aliphatic rings. The van der Waals surface area contributed by atoms with E-state index in [0.717, 1.165) is 12.1 Å². The van der Waals surface area contributed by atoms with Crippen LogP contribution in [0.3, 0.4) is 0 Å². The van der Waals surface area contributed by atoms with Gasteiger partial charge in [0.25, 0.3) is 0 Å². The molecule has 0 N–H and O–H groups in total. The lowest BCUT2D eigenvalue weighted by molar-refractivity contribution is -0.137. The quantitative estimate of drug-likeness (QED) is 0.674. The average Bonchev–Trinajstić information content (AvgIpc) is 2.07. The number of hydrogen-bond donors (Lipinski definition) is 0. The summed E-state index contributed by atoms with van der Waals surface area (Å²) in [6, 6.07) is 3.39. The molecule has 0 heterocycles. The number of benzene rings is 1. The summed E-state index contributed by atoms with van der Waals surface area (Å²) in [6.07, 6.45) is -3.48. The summed E-state index contributed by atoms with van der Waals surface area (Å²) in [5.74, 6) is 0. The molecule has 0 bridgehead atoms. The second-order valence-corrected chi connectivity index (χ2v) is 3.01. The summed E-state index contributed by atoms with van der Waals surface area (Å²) in [7, 11) is 0. The van der Waals surface area contributed by atoms with Crippen molar-refractivity contribution in [1.82, 2.24) is 0 Å². The summed E-state index contributed by atoms with van der Waals surface area (Å²) in [5, 5.41) is 0. The average molecular weight is 202 g/mol. The van der Waals surface area contributed by atoms with Crippen LogP contribution in [0.4, 0.5) is 13.2 Å². The molecular formula is C10H9F3O. The highest BCUT2D eigenvalue weighted by Gasteiger charge is 2.30. The predicted molar refractivity (Wildman–Crippen MR) is 45.9 cm³/mol. The molecular weight excluding hydrogens is 193 g/mol. The topological polar surface area (TPSA) is 17.1 Å². The Labute approximate surface area is 79.5 Å². The van der Waals surface area contributed by atoms with E-state index in [0.29, 0.717) is 17.4 Å². The molecule has 0 spiro atoms. The fourth-order valence-corrected chi connectivity index (χ4v) is 1.19. The van der Waals surface area contributed by atoms with Crippen LogP contribution < -0.4 is 0 Å². The smallest absolute Gasteiger partial charge is 0.303 e. The van der Waals surface area contributed by atoms with Gasteiger partial charge in [0.05, 0.1) is 5.56 Å². The van der Waals surface area contributed by atoms with E-state index in [1.165, 1.54) is 6.07 Å². The Balaban J connectivity index is 3.06. The zero-order valence-corrected chi connectivity index (χ0v) is 7.56. The first kappa shape index (κ1) is 10.8. The lowest BCUT2D eigenvalue weighted by Crippen LogP contribution is -2.06. The van der Waals surface area contributed by atoms with Gasteiger partial charge in [-0.2, -0.15) is 13.2 Å². The minimum absolute atomic E-state index is 0.157. The number of carbonyl (C=O) groups is 1. The summed E-state index contributed by atoms with van der Waals surface area (Å²) in [6.45, 7) is 1.56. The van der Waals surface area contributed by atoms with Crippen LogP contribution in [-0.2, 0) is 17.4 Å². The molecule has 0 aliphatic carbocycles. The largest absolute Gasteiger partial charge is 0.416 e. The number of carbonyl (C=O) groups excluding carboxylic acids is 1. The van der Waals surface area contributed by atoms with Crippen molar-refractivity contribution in [2.75, 3.05) is 0 Å². The van der Waals surface area contributed by atoms with Gasteiger partial charge in [-0.05, 0) is 30.2 Å². The zero-order valence-electron chi connectivity index (χ0n) is 7.56. The van der Waals surface area contributed by atoms with Gasteiger partial charge in [-0.15, -0.1) is 0 Å². The van der Waals surface area contributed by atoms with Gasteiger partial charge >= 0.3 is 6.18 Å². The van der Waals surface area contributed by atoms with Crippen LogP contribution in [-0.4, -0.2) is 6.29 Å². The van der Waals surface area contributed by atoms with Crippen molar-refractivity contribution >= 4 is 6.29 Å². The molecule has 0 radical (unpaired) electrons. The Morgan fingerprint density at radius 1 is 1.36 bits per heavy atom. The second kappa shape index (κ2) is 3.82.